The van der Waals surface area contributed by atoms with Gasteiger partial charge in [0, 0.05) is 5.92 Å². The molecule has 1 saturated carbocycles. The second-order valence-electron chi connectivity index (χ2n) is 5.93. The molecular weight excluding hydrogens is 196 g/mol. The van der Waals surface area contributed by atoms with Gasteiger partial charge in [-0.1, -0.05) is 45.0 Å². The molecule has 1 aromatic carbocycles. The summed E-state index contributed by atoms with van der Waals surface area (Å²) in [5.74, 6) is 1.12. The minimum atomic E-state index is 0.210. The second kappa shape index (κ2) is 3.73. The van der Waals surface area contributed by atoms with Crippen LogP contribution in [0.5, 0.6) is 0 Å². The molecule has 2 atom stereocenters. The molecule has 0 N–H and O–H groups in total. The van der Waals surface area contributed by atoms with Crippen molar-refractivity contribution >= 4 is 5.78 Å². The fraction of sp³-hybridized carbons (Fsp3) is 0.533. The lowest BCUT2D eigenvalue weighted by Crippen LogP contribution is -2.10. The van der Waals surface area contributed by atoms with Crippen LogP contribution in [0.4, 0.5) is 0 Å². The van der Waals surface area contributed by atoms with Gasteiger partial charge in [0.15, 0.2) is 0 Å². The molecule has 0 spiro atoms. The Morgan fingerprint density at radius 3 is 2.12 bits per heavy atom. The second-order valence-corrected chi connectivity index (χ2v) is 5.93. The summed E-state index contributed by atoms with van der Waals surface area (Å²) in [4.78, 5) is 11.2. The van der Waals surface area contributed by atoms with Crippen molar-refractivity contribution in [1.29, 1.82) is 0 Å². The van der Waals surface area contributed by atoms with Gasteiger partial charge in [0.05, 0.1) is 0 Å². The highest BCUT2D eigenvalue weighted by Crippen LogP contribution is 2.48. The average molecular weight is 216 g/mol. The van der Waals surface area contributed by atoms with Gasteiger partial charge in [0.25, 0.3) is 0 Å². The number of hydrogen-bond donors (Lipinski definition) is 0. The lowest BCUT2D eigenvalue weighted by molar-refractivity contribution is -0.118. The quantitative estimate of drug-likeness (QED) is 0.737. The number of hydrogen-bond acceptors (Lipinski definition) is 1. The molecule has 0 saturated heterocycles. The van der Waals surface area contributed by atoms with E-state index in [2.05, 4.69) is 45.0 Å². The Labute approximate surface area is 97.9 Å². The summed E-state index contributed by atoms with van der Waals surface area (Å²) in [6.07, 6.45) is 1.05. The van der Waals surface area contributed by atoms with E-state index in [0.29, 0.717) is 17.6 Å². The molecule has 0 aliphatic heterocycles. The fourth-order valence-electron chi connectivity index (χ4n) is 2.24. The van der Waals surface area contributed by atoms with E-state index in [-0.39, 0.29) is 5.41 Å². The number of carbonyl (C=O) groups is 1. The molecule has 0 unspecified atom stereocenters. The van der Waals surface area contributed by atoms with E-state index < -0.39 is 0 Å². The van der Waals surface area contributed by atoms with Gasteiger partial charge in [-0.3, -0.25) is 4.79 Å². The van der Waals surface area contributed by atoms with Crippen LogP contribution in [0.15, 0.2) is 24.3 Å². The lowest BCUT2D eigenvalue weighted by atomic mass is 9.86. The van der Waals surface area contributed by atoms with E-state index in [1.54, 1.807) is 6.92 Å². The number of carbonyl (C=O) groups excluding carboxylic acids is 1. The van der Waals surface area contributed by atoms with Gasteiger partial charge in [-0.2, -0.15) is 0 Å². The number of Topliss-reactive ketones (excluding diaryl/α,β-unsaturated/α-hetero) is 1. The summed E-state index contributed by atoms with van der Waals surface area (Å²) >= 11 is 0. The Balaban J connectivity index is 2.13. The van der Waals surface area contributed by atoms with E-state index in [1.165, 1.54) is 11.1 Å². The summed E-state index contributed by atoms with van der Waals surface area (Å²) in [7, 11) is 0. The highest BCUT2D eigenvalue weighted by atomic mass is 16.1. The Morgan fingerprint density at radius 2 is 1.75 bits per heavy atom. The van der Waals surface area contributed by atoms with E-state index in [0.717, 1.165) is 6.42 Å². The van der Waals surface area contributed by atoms with Crippen molar-refractivity contribution in [3.63, 3.8) is 0 Å². The van der Waals surface area contributed by atoms with E-state index in [9.17, 15) is 4.79 Å². The Kier molecular flexibility index (Phi) is 2.65. The van der Waals surface area contributed by atoms with Crippen LogP contribution >= 0.6 is 0 Å². The van der Waals surface area contributed by atoms with Crippen LogP contribution < -0.4 is 0 Å². The third-order valence-corrected chi connectivity index (χ3v) is 3.52. The van der Waals surface area contributed by atoms with Gasteiger partial charge in [0.2, 0.25) is 0 Å². The van der Waals surface area contributed by atoms with E-state index >= 15 is 0 Å². The molecule has 1 heteroatoms. The molecule has 0 radical (unpaired) electrons. The molecule has 1 fully saturated rings. The SMILES string of the molecule is CC(=O)[C@@H]1C[C@H]1c1ccc(C(C)(C)C)cc1. The summed E-state index contributed by atoms with van der Waals surface area (Å²) in [5, 5.41) is 0. The maximum atomic E-state index is 11.2. The maximum absolute atomic E-state index is 11.2. The molecule has 1 aliphatic rings. The van der Waals surface area contributed by atoms with Crippen LogP contribution in [0.25, 0.3) is 0 Å². The topological polar surface area (TPSA) is 17.1 Å². The van der Waals surface area contributed by atoms with Crippen molar-refractivity contribution in [2.45, 2.75) is 45.4 Å². The molecule has 0 aromatic heterocycles. The third kappa shape index (κ3) is 2.18. The van der Waals surface area contributed by atoms with Crippen molar-refractivity contribution in [1.82, 2.24) is 0 Å². The van der Waals surface area contributed by atoms with Crippen LogP contribution in [-0.4, -0.2) is 5.78 Å². The Morgan fingerprint density at radius 1 is 1.19 bits per heavy atom. The first-order valence-electron chi connectivity index (χ1n) is 6.00. The van der Waals surface area contributed by atoms with Crippen molar-refractivity contribution < 1.29 is 4.79 Å². The molecule has 16 heavy (non-hydrogen) atoms. The Bertz CT molecular complexity index is 394. The zero-order chi connectivity index (χ0) is 11.9. The first-order valence-corrected chi connectivity index (χ1v) is 6.00. The highest BCUT2D eigenvalue weighted by molar-refractivity contribution is 5.82. The fourth-order valence-corrected chi connectivity index (χ4v) is 2.24. The Hall–Kier alpha value is -1.11. The third-order valence-electron chi connectivity index (χ3n) is 3.52. The van der Waals surface area contributed by atoms with Crippen LogP contribution in [0, 0.1) is 5.92 Å². The monoisotopic (exact) mass is 216 g/mol. The van der Waals surface area contributed by atoms with Crippen molar-refractivity contribution in [3.8, 4) is 0 Å². The number of rotatable bonds is 2. The van der Waals surface area contributed by atoms with E-state index in [1.807, 2.05) is 0 Å². The summed E-state index contributed by atoms with van der Waals surface area (Å²) in [6, 6.07) is 8.78. The van der Waals surface area contributed by atoms with Gasteiger partial charge < -0.3 is 0 Å². The minimum Gasteiger partial charge on any atom is -0.300 e. The first kappa shape index (κ1) is 11.4. The summed E-state index contributed by atoms with van der Waals surface area (Å²) in [5.41, 5.74) is 2.90. The average Bonchev–Trinajstić information content (AvgIpc) is 2.96. The molecule has 1 nitrogen and oxygen atoms in total. The number of ketones is 1. The standard InChI is InChI=1S/C15H20O/c1-10(16)13-9-14(13)11-5-7-12(8-6-11)15(2,3)4/h5-8,13-14H,9H2,1-4H3/t13-,14-/m0/s1. The van der Waals surface area contributed by atoms with Crippen LogP contribution in [-0.2, 0) is 10.2 Å². The smallest absolute Gasteiger partial charge is 0.133 e. The molecule has 86 valence electrons. The predicted octanol–water partition coefficient (Wildman–Crippen LogP) is 3.68. The maximum Gasteiger partial charge on any atom is 0.133 e. The lowest BCUT2D eigenvalue weighted by Gasteiger charge is -2.19. The predicted molar refractivity (Wildman–Crippen MR) is 66.7 cm³/mol. The normalized spacial score (nSPS) is 24.2. The number of benzene rings is 1. The van der Waals surface area contributed by atoms with Crippen LogP contribution in [0.1, 0.15) is 51.2 Å². The van der Waals surface area contributed by atoms with E-state index in [4.69, 9.17) is 0 Å². The van der Waals surface area contributed by atoms with Crippen molar-refractivity contribution in [2.24, 2.45) is 5.92 Å². The minimum absolute atomic E-state index is 0.210. The molecule has 0 bridgehead atoms. The molecule has 1 aliphatic carbocycles. The van der Waals surface area contributed by atoms with Crippen LogP contribution in [0.3, 0.4) is 0 Å². The zero-order valence-electron chi connectivity index (χ0n) is 10.6. The van der Waals surface area contributed by atoms with Gasteiger partial charge >= 0.3 is 0 Å². The van der Waals surface area contributed by atoms with Crippen LogP contribution in [0.2, 0.25) is 0 Å². The highest BCUT2D eigenvalue weighted by Gasteiger charge is 2.41. The molecule has 2 rings (SSSR count). The van der Waals surface area contributed by atoms with Gasteiger partial charge in [0.1, 0.15) is 5.78 Å². The molecule has 1 aromatic rings. The largest absolute Gasteiger partial charge is 0.300 e. The molecular formula is C15H20O. The summed E-state index contributed by atoms with van der Waals surface area (Å²) < 4.78 is 0. The van der Waals surface area contributed by atoms with Crippen molar-refractivity contribution in [3.05, 3.63) is 35.4 Å². The first-order chi connectivity index (χ1) is 7.39. The summed E-state index contributed by atoms with van der Waals surface area (Å²) in [6.45, 7) is 8.36. The van der Waals surface area contributed by atoms with Gasteiger partial charge in [-0.25, -0.2) is 0 Å². The van der Waals surface area contributed by atoms with Crippen molar-refractivity contribution in [2.75, 3.05) is 0 Å². The zero-order valence-corrected chi connectivity index (χ0v) is 10.6. The van der Waals surface area contributed by atoms with Gasteiger partial charge in [-0.15, -0.1) is 0 Å². The van der Waals surface area contributed by atoms with Gasteiger partial charge in [-0.05, 0) is 35.8 Å². The molecule has 0 heterocycles. The molecule has 0 amide bonds.